The maximum absolute atomic E-state index is 13.8. The third kappa shape index (κ3) is 2.87. The Kier molecular flexibility index (Phi) is 4.30. The second kappa shape index (κ2) is 5.76. The third-order valence-corrected chi connectivity index (χ3v) is 4.21. The van der Waals surface area contributed by atoms with Crippen LogP contribution in [0.2, 0.25) is 0 Å². The third-order valence-electron chi connectivity index (χ3n) is 2.55. The lowest BCUT2D eigenvalue weighted by molar-refractivity contribution is 0.0985. The molecule has 2 rings (SSSR count). The van der Waals surface area contributed by atoms with Crippen LogP contribution in [0.15, 0.2) is 34.8 Å². The van der Waals surface area contributed by atoms with E-state index in [2.05, 4.69) is 15.9 Å². The molecule has 0 spiro atoms. The number of hydrogen-bond acceptors (Lipinski definition) is 2. The van der Waals surface area contributed by atoms with E-state index in [9.17, 15) is 9.18 Å². The summed E-state index contributed by atoms with van der Waals surface area (Å²) in [6, 6.07) is 8.53. The van der Waals surface area contributed by atoms with E-state index < -0.39 is 0 Å². The number of ketones is 1. The summed E-state index contributed by atoms with van der Waals surface area (Å²) in [4.78, 5) is 13.2. The van der Waals surface area contributed by atoms with Crippen molar-refractivity contribution in [1.29, 1.82) is 0 Å². The number of halogens is 2. The summed E-state index contributed by atoms with van der Waals surface area (Å²) in [5.41, 5.74) is 0.541. The number of hydrogen-bond donors (Lipinski definition) is 0. The molecule has 0 bridgehead atoms. The highest BCUT2D eigenvalue weighted by Gasteiger charge is 2.12. The second-order valence-corrected chi connectivity index (χ2v) is 5.96. The molecule has 0 fully saturated rings. The number of carbonyl (C=O) groups is 1. The van der Waals surface area contributed by atoms with Crippen LogP contribution in [0.25, 0.3) is 10.4 Å². The van der Waals surface area contributed by atoms with Crippen molar-refractivity contribution in [1.82, 2.24) is 0 Å². The van der Waals surface area contributed by atoms with Crippen molar-refractivity contribution in [3.05, 3.63) is 45.5 Å². The van der Waals surface area contributed by atoms with Crippen LogP contribution in [0.4, 0.5) is 4.39 Å². The Morgan fingerprint density at radius 2 is 2.11 bits per heavy atom. The van der Waals surface area contributed by atoms with E-state index in [-0.39, 0.29) is 11.6 Å². The SMILES string of the molecule is CCCC(=O)c1ccc(-c2ccc(Br)cc2F)s1. The molecule has 0 radical (unpaired) electrons. The van der Waals surface area contributed by atoms with Gasteiger partial charge in [0, 0.05) is 21.3 Å². The van der Waals surface area contributed by atoms with Crippen molar-refractivity contribution in [3.63, 3.8) is 0 Å². The molecule has 0 aliphatic heterocycles. The Bertz CT molecular complexity index is 577. The minimum atomic E-state index is -0.277. The van der Waals surface area contributed by atoms with Crippen LogP contribution in [0.1, 0.15) is 29.4 Å². The van der Waals surface area contributed by atoms with Gasteiger partial charge in [-0.2, -0.15) is 0 Å². The minimum Gasteiger partial charge on any atom is -0.293 e. The van der Waals surface area contributed by atoms with E-state index in [0.717, 1.165) is 11.3 Å². The molecule has 0 unspecified atom stereocenters. The van der Waals surface area contributed by atoms with Crippen LogP contribution in [0.3, 0.4) is 0 Å². The first-order valence-electron chi connectivity index (χ1n) is 5.70. The van der Waals surface area contributed by atoms with Crippen LogP contribution in [0, 0.1) is 5.82 Å². The second-order valence-electron chi connectivity index (χ2n) is 3.96. The molecule has 1 aromatic heterocycles. The zero-order chi connectivity index (χ0) is 13.1. The average molecular weight is 327 g/mol. The quantitative estimate of drug-likeness (QED) is 0.697. The van der Waals surface area contributed by atoms with Gasteiger partial charge in [0.1, 0.15) is 5.82 Å². The van der Waals surface area contributed by atoms with Gasteiger partial charge in [0.05, 0.1) is 4.88 Å². The highest BCUT2D eigenvalue weighted by atomic mass is 79.9. The maximum Gasteiger partial charge on any atom is 0.172 e. The molecule has 0 saturated heterocycles. The molecule has 0 amide bonds. The molecule has 0 N–H and O–H groups in total. The monoisotopic (exact) mass is 326 g/mol. The molecule has 0 atom stereocenters. The fourth-order valence-corrected chi connectivity index (χ4v) is 3.01. The smallest absolute Gasteiger partial charge is 0.172 e. The van der Waals surface area contributed by atoms with Gasteiger partial charge in [-0.1, -0.05) is 22.9 Å². The predicted molar refractivity (Wildman–Crippen MR) is 76.7 cm³/mol. The van der Waals surface area contributed by atoms with E-state index in [1.807, 2.05) is 6.92 Å². The lowest BCUT2D eigenvalue weighted by Crippen LogP contribution is -1.93. The highest BCUT2D eigenvalue weighted by Crippen LogP contribution is 2.32. The van der Waals surface area contributed by atoms with Gasteiger partial charge in [-0.3, -0.25) is 4.79 Å². The first kappa shape index (κ1) is 13.4. The van der Waals surface area contributed by atoms with Crippen molar-refractivity contribution in [3.8, 4) is 10.4 Å². The number of benzene rings is 1. The average Bonchev–Trinajstić information content (AvgIpc) is 2.78. The molecule has 1 aromatic carbocycles. The summed E-state index contributed by atoms with van der Waals surface area (Å²) in [6.45, 7) is 1.97. The van der Waals surface area contributed by atoms with Gasteiger partial charge in [0.15, 0.2) is 5.78 Å². The van der Waals surface area contributed by atoms with Crippen molar-refractivity contribution in [2.24, 2.45) is 0 Å². The maximum atomic E-state index is 13.8. The summed E-state index contributed by atoms with van der Waals surface area (Å²) in [7, 11) is 0. The van der Waals surface area contributed by atoms with Crippen LogP contribution in [0.5, 0.6) is 0 Å². The van der Waals surface area contributed by atoms with Gasteiger partial charge >= 0.3 is 0 Å². The Morgan fingerprint density at radius 3 is 2.78 bits per heavy atom. The number of carbonyl (C=O) groups excluding carboxylic acids is 1. The highest BCUT2D eigenvalue weighted by molar-refractivity contribution is 9.10. The number of rotatable bonds is 4. The van der Waals surface area contributed by atoms with Crippen LogP contribution < -0.4 is 0 Å². The van der Waals surface area contributed by atoms with E-state index in [1.165, 1.54) is 17.4 Å². The fourth-order valence-electron chi connectivity index (χ4n) is 1.67. The van der Waals surface area contributed by atoms with E-state index >= 15 is 0 Å². The number of Topliss-reactive ketones (excluding diaryl/α,β-unsaturated/α-hetero) is 1. The lowest BCUT2D eigenvalue weighted by atomic mass is 10.1. The molecule has 2 aromatic rings. The van der Waals surface area contributed by atoms with Crippen LogP contribution in [-0.2, 0) is 0 Å². The Hall–Kier alpha value is -1.00. The van der Waals surface area contributed by atoms with Crippen LogP contribution >= 0.6 is 27.3 Å². The molecule has 18 heavy (non-hydrogen) atoms. The molecule has 0 saturated carbocycles. The molecular weight excluding hydrogens is 315 g/mol. The van der Waals surface area contributed by atoms with Gasteiger partial charge in [-0.15, -0.1) is 11.3 Å². The Labute approximate surface area is 118 Å². The Morgan fingerprint density at radius 1 is 1.33 bits per heavy atom. The number of thiophene rings is 1. The molecule has 94 valence electrons. The first-order valence-corrected chi connectivity index (χ1v) is 7.31. The zero-order valence-electron chi connectivity index (χ0n) is 9.87. The minimum absolute atomic E-state index is 0.131. The molecule has 1 nitrogen and oxygen atoms in total. The normalized spacial score (nSPS) is 10.6. The van der Waals surface area contributed by atoms with Gasteiger partial charge in [0.25, 0.3) is 0 Å². The molecule has 4 heteroatoms. The topological polar surface area (TPSA) is 17.1 Å². The van der Waals surface area contributed by atoms with Gasteiger partial charge in [-0.05, 0) is 36.8 Å². The van der Waals surface area contributed by atoms with Crippen molar-refractivity contribution in [2.75, 3.05) is 0 Å². The molecule has 0 aliphatic rings. The van der Waals surface area contributed by atoms with Gasteiger partial charge in [0.2, 0.25) is 0 Å². The van der Waals surface area contributed by atoms with Crippen molar-refractivity contribution >= 4 is 33.0 Å². The van der Waals surface area contributed by atoms with Gasteiger partial charge < -0.3 is 0 Å². The Balaban J connectivity index is 2.32. The van der Waals surface area contributed by atoms with Crippen molar-refractivity contribution < 1.29 is 9.18 Å². The van der Waals surface area contributed by atoms with E-state index in [4.69, 9.17) is 0 Å². The molecular formula is C14H12BrFOS. The van der Waals surface area contributed by atoms with Crippen molar-refractivity contribution in [2.45, 2.75) is 19.8 Å². The summed E-state index contributed by atoms with van der Waals surface area (Å²) in [5.74, 6) is -0.146. The zero-order valence-corrected chi connectivity index (χ0v) is 12.3. The predicted octanol–water partition coefficient (Wildman–Crippen LogP) is 5.30. The summed E-state index contributed by atoms with van der Waals surface area (Å²) < 4.78 is 14.5. The first-order chi connectivity index (χ1) is 8.61. The summed E-state index contributed by atoms with van der Waals surface area (Å²) in [5, 5.41) is 0. The van der Waals surface area contributed by atoms with E-state index in [0.29, 0.717) is 21.3 Å². The van der Waals surface area contributed by atoms with E-state index in [1.54, 1.807) is 24.3 Å². The summed E-state index contributed by atoms with van der Waals surface area (Å²) in [6.07, 6.45) is 1.38. The summed E-state index contributed by atoms with van der Waals surface area (Å²) >= 11 is 4.58. The fraction of sp³-hybridized carbons (Fsp3) is 0.214. The van der Waals surface area contributed by atoms with Gasteiger partial charge in [-0.25, -0.2) is 4.39 Å². The molecule has 0 aliphatic carbocycles. The molecule has 1 heterocycles. The van der Waals surface area contributed by atoms with Crippen LogP contribution in [-0.4, -0.2) is 5.78 Å². The standard InChI is InChI=1S/C14H12BrFOS/c1-2-3-12(17)14-7-6-13(18-14)10-5-4-9(15)8-11(10)16/h4-8H,2-3H2,1H3. The largest absolute Gasteiger partial charge is 0.293 e. The lowest BCUT2D eigenvalue weighted by Gasteiger charge is -2.00.